The molecule has 2 aromatic rings. The average molecular weight is 365 g/mol. The van der Waals surface area contributed by atoms with E-state index in [2.05, 4.69) is 15.1 Å². The number of hydrogen-bond acceptors (Lipinski definition) is 6. The van der Waals surface area contributed by atoms with Gasteiger partial charge in [-0.05, 0) is 18.8 Å². The number of rotatable bonds is 4. The van der Waals surface area contributed by atoms with E-state index in [-0.39, 0.29) is 10.6 Å². The van der Waals surface area contributed by atoms with Crippen molar-refractivity contribution in [2.75, 3.05) is 36.0 Å². The highest BCUT2D eigenvalue weighted by molar-refractivity contribution is 6.33. The van der Waals surface area contributed by atoms with Crippen LogP contribution in [0.2, 0.25) is 5.02 Å². The lowest BCUT2D eigenvalue weighted by Gasteiger charge is -2.36. The van der Waals surface area contributed by atoms with Gasteiger partial charge in [-0.3, -0.25) is 4.79 Å². The summed E-state index contributed by atoms with van der Waals surface area (Å²) in [5.41, 5.74) is 0.400. The zero-order valence-corrected chi connectivity index (χ0v) is 14.4. The second kappa shape index (κ2) is 6.59. The normalized spacial score (nSPS) is 17.8. The summed E-state index contributed by atoms with van der Waals surface area (Å²) in [6.45, 7) is 3.01. The molecule has 1 saturated carbocycles. The molecule has 7 nitrogen and oxygen atoms in total. The molecule has 3 heterocycles. The second-order valence-corrected chi connectivity index (χ2v) is 6.82. The summed E-state index contributed by atoms with van der Waals surface area (Å²) in [6.07, 6.45) is 6.46. The van der Waals surface area contributed by atoms with Crippen LogP contribution in [0.4, 0.5) is 15.9 Å². The van der Waals surface area contributed by atoms with E-state index in [1.807, 2.05) is 9.80 Å². The van der Waals surface area contributed by atoms with Crippen LogP contribution in [0.3, 0.4) is 0 Å². The predicted octanol–water partition coefficient (Wildman–Crippen LogP) is 1.56. The van der Waals surface area contributed by atoms with Gasteiger partial charge in [-0.25, -0.2) is 19.0 Å². The van der Waals surface area contributed by atoms with Gasteiger partial charge in [0.15, 0.2) is 11.6 Å². The molecule has 2 fully saturated rings. The maximum atomic E-state index is 13.8. The Kier molecular flexibility index (Phi) is 4.29. The molecule has 4 rings (SSSR count). The second-order valence-electron chi connectivity index (χ2n) is 6.44. The van der Waals surface area contributed by atoms with Crippen molar-refractivity contribution in [3.8, 4) is 0 Å². The minimum Gasteiger partial charge on any atom is -0.365 e. The molecule has 0 aromatic carbocycles. The lowest BCUT2D eigenvalue weighted by molar-refractivity contribution is 0.531. The maximum absolute atomic E-state index is 13.8. The molecule has 2 aromatic heterocycles. The standard InChI is InChI=1S/C16H18ClFN6O/c17-14-13(8-21-24(16(14)25)9-11-1-2-11)22-3-5-23(6-4-22)15-12(18)7-19-10-20-15/h7-8,10-11H,1-6,9H2. The first-order valence-electron chi connectivity index (χ1n) is 8.34. The highest BCUT2D eigenvalue weighted by atomic mass is 35.5. The highest BCUT2D eigenvalue weighted by Crippen LogP contribution is 2.30. The van der Waals surface area contributed by atoms with Gasteiger partial charge in [0, 0.05) is 32.7 Å². The van der Waals surface area contributed by atoms with Crippen molar-refractivity contribution >= 4 is 23.1 Å². The van der Waals surface area contributed by atoms with Crippen molar-refractivity contribution in [1.82, 2.24) is 19.7 Å². The van der Waals surface area contributed by atoms with Gasteiger partial charge in [-0.2, -0.15) is 5.10 Å². The molecule has 0 N–H and O–H groups in total. The minimum atomic E-state index is -0.432. The Labute approximate surface area is 149 Å². The van der Waals surface area contributed by atoms with Crippen LogP contribution in [0.5, 0.6) is 0 Å². The van der Waals surface area contributed by atoms with Gasteiger partial charge in [0.2, 0.25) is 0 Å². The smallest absolute Gasteiger partial charge is 0.287 e. The molecule has 132 valence electrons. The van der Waals surface area contributed by atoms with Crippen molar-refractivity contribution in [3.05, 3.63) is 39.9 Å². The SMILES string of the molecule is O=c1c(Cl)c(N2CCN(c3ncncc3F)CC2)cnn1CC1CC1. The summed E-state index contributed by atoms with van der Waals surface area (Å²) in [7, 11) is 0. The van der Waals surface area contributed by atoms with Crippen LogP contribution >= 0.6 is 11.6 Å². The molecule has 1 aliphatic heterocycles. The molecule has 1 saturated heterocycles. The first-order chi connectivity index (χ1) is 12.1. The Bertz CT molecular complexity index is 832. The van der Waals surface area contributed by atoms with Crippen molar-refractivity contribution in [2.24, 2.45) is 5.92 Å². The van der Waals surface area contributed by atoms with E-state index in [0.29, 0.717) is 50.1 Å². The number of hydrogen-bond donors (Lipinski definition) is 0. The fraction of sp³-hybridized carbons (Fsp3) is 0.500. The summed E-state index contributed by atoms with van der Waals surface area (Å²) < 4.78 is 15.3. The van der Waals surface area contributed by atoms with Crippen molar-refractivity contribution in [3.63, 3.8) is 0 Å². The summed E-state index contributed by atoms with van der Waals surface area (Å²) in [5.74, 6) is 0.426. The van der Waals surface area contributed by atoms with E-state index in [0.717, 1.165) is 19.0 Å². The number of piperazine rings is 1. The molecule has 0 atom stereocenters. The van der Waals surface area contributed by atoms with Gasteiger partial charge in [0.05, 0.1) is 18.1 Å². The lowest BCUT2D eigenvalue weighted by Crippen LogP contribution is -2.47. The van der Waals surface area contributed by atoms with Crippen molar-refractivity contribution in [1.29, 1.82) is 0 Å². The molecule has 0 unspecified atom stereocenters. The number of nitrogens with zero attached hydrogens (tertiary/aromatic N) is 6. The summed E-state index contributed by atoms with van der Waals surface area (Å²) in [6, 6.07) is 0. The van der Waals surface area contributed by atoms with E-state index in [1.165, 1.54) is 11.0 Å². The van der Waals surface area contributed by atoms with Crippen molar-refractivity contribution < 1.29 is 4.39 Å². The Hall–Kier alpha value is -2.22. The molecule has 0 bridgehead atoms. The maximum Gasteiger partial charge on any atom is 0.287 e. The molecular formula is C16H18ClFN6O. The summed E-state index contributed by atoms with van der Waals surface area (Å²) >= 11 is 6.30. The molecule has 25 heavy (non-hydrogen) atoms. The third-order valence-corrected chi connectivity index (χ3v) is 5.02. The number of halogens is 2. The minimum absolute atomic E-state index is 0.206. The molecule has 0 amide bonds. The van der Waals surface area contributed by atoms with E-state index in [1.54, 1.807) is 6.20 Å². The third kappa shape index (κ3) is 3.30. The fourth-order valence-electron chi connectivity index (χ4n) is 3.05. The van der Waals surface area contributed by atoms with Crippen LogP contribution in [0, 0.1) is 11.7 Å². The largest absolute Gasteiger partial charge is 0.365 e. The van der Waals surface area contributed by atoms with Gasteiger partial charge < -0.3 is 9.80 Å². The van der Waals surface area contributed by atoms with Crippen molar-refractivity contribution in [2.45, 2.75) is 19.4 Å². The molecule has 2 aliphatic rings. The van der Waals surface area contributed by atoms with E-state index < -0.39 is 5.82 Å². The van der Waals surface area contributed by atoms with Gasteiger partial charge in [-0.1, -0.05) is 11.6 Å². The highest BCUT2D eigenvalue weighted by Gasteiger charge is 2.26. The third-order valence-electron chi connectivity index (χ3n) is 4.66. The first-order valence-corrected chi connectivity index (χ1v) is 8.72. The van der Waals surface area contributed by atoms with E-state index in [9.17, 15) is 9.18 Å². The monoisotopic (exact) mass is 364 g/mol. The summed E-state index contributed by atoms with van der Waals surface area (Å²) in [4.78, 5) is 23.9. The zero-order valence-electron chi connectivity index (χ0n) is 13.6. The van der Waals surface area contributed by atoms with Crippen LogP contribution in [-0.2, 0) is 6.54 Å². The molecule has 0 radical (unpaired) electrons. The molecule has 1 aliphatic carbocycles. The number of aromatic nitrogens is 4. The number of anilines is 2. The zero-order chi connectivity index (χ0) is 17.4. The van der Waals surface area contributed by atoms with E-state index in [4.69, 9.17) is 11.6 Å². The molecule has 0 spiro atoms. The van der Waals surface area contributed by atoms with Crippen LogP contribution in [-0.4, -0.2) is 45.9 Å². The van der Waals surface area contributed by atoms with Crippen LogP contribution < -0.4 is 15.4 Å². The lowest BCUT2D eigenvalue weighted by atomic mass is 10.2. The summed E-state index contributed by atoms with van der Waals surface area (Å²) in [5, 5.41) is 4.48. The fourth-order valence-corrected chi connectivity index (χ4v) is 3.32. The molecule has 9 heteroatoms. The van der Waals surface area contributed by atoms with Gasteiger partial charge in [0.1, 0.15) is 11.3 Å². The average Bonchev–Trinajstić information content (AvgIpc) is 3.44. The van der Waals surface area contributed by atoms with Gasteiger partial charge >= 0.3 is 0 Å². The Balaban J connectivity index is 1.48. The van der Waals surface area contributed by atoms with E-state index >= 15 is 0 Å². The van der Waals surface area contributed by atoms with Crippen LogP contribution in [0.25, 0.3) is 0 Å². The van der Waals surface area contributed by atoms with Gasteiger partial charge in [-0.15, -0.1) is 0 Å². The molecular weight excluding hydrogens is 347 g/mol. The quantitative estimate of drug-likeness (QED) is 0.820. The first kappa shape index (κ1) is 16.3. The topological polar surface area (TPSA) is 67.2 Å². The Morgan fingerprint density at radius 2 is 1.88 bits per heavy atom. The predicted molar refractivity (Wildman–Crippen MR) is 92.6 cm³/mol. The Morgan fingerprint density at radius 3 is 2.56 bits per heavy atom. The van der Waals surface area contributed by atoms with Crippen LogP contribution in [0.1, 0.15) is 12.8 Å². The van der Waals surface area contributed by atoms with Gasteiger partial charge in [0.25, 0.3) is 5.56 Å². The Morgan fingerprint density at radius 1 is 1.16 bits per heavy atom. The van der Waals surface area contributed by atoms with Crippen LogP contribution in [0.15, 0.2) is 23.5 Å².